The summed E-state index contributed by atoms with van der Waals surface area (Å²) in [6.07, 6.45) is 0. The van der Waals surface area contributed by atoms with Crippen molar-refractivity contribution < 1.29 is 23.1 Å². The number of ether oxygens (including phenoxy) is 1. The number of benzene rings is 2. The Balaban J connectivity index is 1.95. The van der Waals surface area contributed by atoms with E-state index < -0.39 is 15.8 Å². The average molecular weight is 403 g/mol. The number of carboxylic acid groups (broad SMARTS) is 1. The number of methoxy groups -OCH3 is 1. The minimum atomic E-state index is -3.66. The van der Waals surface area contributed by atoms with E-state index in [1.807, 2.05) is 0 Å². The Morgan fingerprint density at radius 1 is 1.25 bits per heavy atom. The van der Waals surface area contributed by atoms with Crippen molar-refractivity contribution in [1.82, 2.24) is 9.55 Å². The quantitative estimate of drug-likeness (QED) is 0.651. The number of rotatable bonds is 6. The van der Waals surface area contributed by atoms with E-state index in [-0.39, 0.29) is 22.3 Å². The predicted molar refractivity (Wildman–Crippen MR) is 106 cm³/mol. The Morgan fingerprint density at radius 2 is 1.89 bits per heavy atom. The second-order valence-corrected chi connectivity index (χ2v) is 8.43. The SMILES string of the molecule is COc1cc(C)c(S(=O)(=O)CNc2nc3cccc(C(=O)O)c3n2C)c(C)c1. The van der Waals surface area contributed by atoms with Gasteiger partial charge in [-0.1, -0.05) is 6.07 Å². The number of carbonyl (C=O) groups is 1. The van der Waals surface area contributed by atoms with Gasteiger partial charge in [0, 0.05) is 7.05 Å². The summed E-state index contributed by atoms with van der Waals surface area (Å²) in [6, 6.07) is 8.11. The predicted octanol–water partition coefficient (Wildman–Crippen LogP) is 2.74. The van der Waals surface area contributed by atoms with Crippen molar-refractivity contribution in [3.8, 4) is 5.75 Å². The molecule has 28 heavy (non-hydrogen) atoms. The summed E-state index contributed by atoms with van der Waals surface area (Å²) >= 11 is 0. The summed E-state index contributed by atoms with van der Waals surface area (Å²) in [5.41, 5.74) is 2.18. The first-order valence-electron chi connectivity index (χ1n) is 8.46. The number of sulfone groups is 1. The van der Waals surface area contributed by atoms with Crippen LogP contribution in [0, 0.1) is 13.8 Å². The van der Waals surface area contributed by atoms with Gasteiger partial charge in [0.05, 0.1) is 28.6 Å². The van der Waals surface area contributed by atoms with Crippen molar-refractivity contribution in [2.24, 2.45) is 7.05 Å². The van der Waals surface area contributed by atoms with Gasteiger partial charge in [-0.05, 0) is 49.2 Å². The Labute approximate surface area is 162 Å². The van der Waals surface area contributed by atoms with Crippen LogP contribution in [0.5, 0.6) is 5.75 Å². The standard InChI is InChI=1S/C19H21N3O5S/c1-11-8-13(27-4)9-12(2)17(11)28(25,26)10-20-19-21-15-7-5-6-14(18(23)24)16(15)22(19)3/h5-9H,10H2,1-4H3,(H,20,21)(H,23,24). The lowest BCUT2D eigenvalue weighted by atomic mass is 10.1. The fourth-order valence-corrected chi connectivity index (χ4v) is 4.91. The second-order valence-electron chi connectivity index (χ2n) is 6.50. The van der Waals surface area contributed by atoms with Gasteiger partial charge in [0.1, 0.15) is 11.6 Å². The molecule has 8 nitrogen and oxygen atoms in total. The molecule has 9 heteroatoms. The zero-order valence-corrected chi connectivity index (χ0v) is 16.8. The highest BCUT2D eigenvalue weighted by atomic mass is 32.2. The number of hydrogen-bond acceptors (Lipinski definition) is 6. The van der Waals surface area contributed by atoms with Crippen molar-refractivity contribution >= 4 is 32.8 Å². The smallest absolute Gasteiger partial charge is 0.337 e. The Bertz CT molecular complexity index is 1160. The normalized spacial score (nSPS) is 11.6. The minimum Gasteiger partial charge on any atom is -0.497 e. The van der Waals surface area contributed by atoms with E-state index in [2.05, 4.69) is 10.3 Å². The molecule has 3 aromatic rings. The van der Waals surface area contributed by atoms with Gasteiger partial charge in [-0.2, -0.15) is 0 Å². The molecule has 0 unspecified atom stereocenters. The Morgan fingerprint density at radius 3 is 2.46 bits per heavy atom. The van der Waals surface area contributed by atoms with Crippen LogP contribution in [0.15, 0.2) is 35.2 Å². The highest BCUT2D eigenvalue weighted by Crippen LogP contribution is 2.27. The first-order valence-corrected chi connectivity index (χ1v) is 10.1. The van der Waals surface area contributed by atoms with Gasteiger partial charge in [0.2, 0.25) is 5.95 Å². The third-order valence-corrected chi connectivity index (χ3v) is 6.32. The molecule has 1 aromatic heterocycles. The molecular weight excluding hydrogens is 382 g/mol. The van der Waals surface area contributed by atoms with E-state index in [4.69, 9.17) is 4.74 Å². The maximum absolute atomic E-state index is 12.9. The number of imidazole rings is 1. The summed E-state index contributed by atoms with van der Waals surface area (Å²) in [5, 5.41) is 12.2. The summed E-state index contributed by atoms with van der Waals surface area (Å²) in [7, 11) is -0.493. The van der Waals surface area contributed by atoms with Gasteiger partial charge in [-0.3, -0.25) is 0 Å². The summed E-state index contributed by atoms with van der Waals surface area (Å²) in [5.74, 6) is -0.576. The third-order valence-electron chi connectivity index (χ3n) is 4.53. The Kier molecular flexibility index (Phi) is 5.03. The van der Waals surface area contributed by atoms with Crippen molar-refractivity contribution in [3.05, 3.63) is 47.0 Å². The van der Waals surface area contributed by atoms with Gasteiger partial charge in [-0.15, -0.1) is 0 Å². The molecule has 3 rings (SSSR count). The summed E-state index contributed by atoms with van der Waals surface area (Å²) in [6.45, 7) is 3.44. The van der Waals surface area contributed by atoms with E-state index in [9.17, 15) is 18.3 Å². The molecule has 0 atom stereocenters. The number of anilines is 1. The molecule has 1 heterocycles. The maximum Gasteiger partial charge on any atom is 0.337 e. The molecule has 0 fully saturated rings. The van der Waals surface area contributed by atoms with Gasteiger partial charge in [0.25, 0.3) is 0 Å². The van der Waals surface area contributed by atoms with Crippen LogP contribution in [0.2, 0.25) is 0 Å². The van der Waals surface area contributed by atoms with Gasteiger partial charge < -0.3 is 19.7 Å². The number of nitrogens with one attached hydrogen (secondary N) is 1. The molecule has 0 aliphatic carbocycles. The summed E-state index contributed by atoms with van der Waals surface area (Å²) < 4.78 is 32.6. The highest BCUT2D eigenvalue weighted by Gasteiger charge is 2.22. The van der Waals surface area contributed by atoms with Gasteiger partial charge in [0.15, 0.2) is 9.84 Å². The van der Waals surface area contributed by atoms with Crippen molar-refractivity contribution in [2.75, 3.05) is 18.3 Å². The zero-order chi connectivity index (χ0) is 20.6. The number of aromatic carboxylic acids is 1. The summed E-state index contributed by atoms with van der Waals surface area (Å²) in [4.78, 5) is 16.0. The van der Waals surface area contributed by atoms with Crippen molar-refractivity contribution in [1.29, 1.82) is 0 Å². The van der Waals surface area contributed by atoms with Gasteiger partial charge >= 0.3 is 5.97 Å². The van der Waals surface area contributed by atoms with Crippen LogP contribution < -0.4 is 10.1 Å². The number of fused-ring (bicyclic) bond motifs is 1. The number of para-hydroxylation sites is 1. The number of carboxylic acids is 1. The first-order chi connectivity index (χ1) is 13.2. The first kappa shape index (κ1) is 19.7. The lowest BCUT2D eigenvalue weighted by Gasteiger charge is -2.14. The van der Waals surface area contributed by atoms with Crippen LogP contribution in [0.25, 0.3) is 11.0 Å². The second kappa shape index (κ2) is 7.16. The number of aromatic nitrogens is 2. The fourth-order valence-electron chi connectivity index (χ4n) is 3.35. The molecule has 0 spiro atoms. The number of nitrogens with zero attached hydrogens (tertiary/aromatic N) is 2. The van der Waals surface area contributed by atoms with E-state index in [0.717, 1.165) is 0 Å². The molecule has 0 saturated carbocycles. The highest BCUT2D eigenvalue weighted by molar-refractivity contribution is 7.91. The van der Waals surface area contributed by atoms with Crippen LogP contribution >= 0.6 is 0 Å². The fraction of sp³-hybridized carbons (Fsp3) is 0.263. The number of aryl methyl sites for hydroxylation is 3. The lowest BCUT2D eigenvalue weighted by molar-refractivity contribution is 0.0698. The molecule has 2 N–H and O–H groups in total. The van der Waals surface area contributed by atoms with Crippen LogP contribution in [0.1, 0.15) is 21.5 Å². The molecule has 0 aliphatic heterocycles. The largest absolute Gasteiger partial charge is 0.497 e. The van der Waals surface area contributed by atoms with Gasteiger partial charge in [-0.25, -0.2) is 18.2 Å². The van der Waals surface area contributed by atoms with E-state index >= 15 is 0 Å². The van der Waals surface area contributed by atoms with Crippen LogP contribution in [-0.4, -0.2) is 42.0 Å². The molecule has 2 aromatic carbocycles. The number of hydrogen-bond donors (Lipinski definition) is 2. The monoisotopic (exact) mass is 403 g/mol. The topological polar surface area (TPSA) is 111 Å². The van der Waals surface area contributed by atoms with Crippen molar-refractivity contribution in [3.63, 3.8) is 0 Å². The maximum atomic E-state index is 12.9. The molecule has 0 radical (unpaired) electrons. The molecular formula is C19H21N3O5S. The molecule has 0 bridgehead atoms. The van der Waals surface area contributed by atoms with Crippen LogP contribution in [-0.2, 0) is 16.9 Å². The minimum absolute atomic E-state index is 0.102. The average Bonchev–Trinajstić information content (AvgIpc) is 2.95. The molecule has 0 amide bonds. The van der Waals surface area contributed by atoms with Crippen molar-refractivity contribution in [2.45, 2.75) is 18.7 Å². The van der Waals surface area contributed by atoms with Crippen LogP contribution in [0.3, 0.4) is 0 Å². The van der Waals surface area contributed by atoms with E-state index in [0.29, 0.717) is 27.9 Å². The zero-order valence-electron chi connectivity index (χ0n) is 16.0. The molecule has 0 aliphatic rings. The lowest BCUT2D eigenvalue weighted by Crippen LogP contribution is -2.18. The van der Waals surface area contributed by atoms with E-state index in [1.54, 1.807) is 49.7 Å². The molecule has 0 saturated heterocycles. The van der Waals surface area contributed by atoms with Crippen LogP contribution in [0.4, 0.5) is 5.95 Å². The Hall–Kier alpha value is -3.07. The third kappa shape index (κ3) is 3.40. The molecule has 148 valence electrons. The van der Waals surface area contributed by atoms with E-state index in [1.165, 1.54) is 13.2 Å².